The first-order valence-electron chi connectivity index (χ1n) is 6.00. The molecule has 20 heavy (non-hydrogen) atoms. The normalized spacial score (nSPS) is 12.0. The van der Waals surface area contributed by atoms with Gasteiger partial charge in [-0.25, -0.2) is 4.98 Å². The maximum Gasteiger partial charge on any atom is 0.441 e. The number of nitrogen functional groups attached to an aromatic ring is 1. The Morgan fingerprint density at radius 3 is 2.80 bits per heavy atom. The molecule has 2 rings (SSSR count). The molecule has 2 aromatic rings. The van der Waals surface area contributed by atoms with E-state index in [1.54, 1.807) is 22.8 Å². The maximum absolute atomic E-state index is 12.2. The van der Waals surface area contributed by atoms with Crippen LogP contribution < -0.4 is 10.5 Å². The van der Waals surface area contributed by atoms with Crippen molar-refractivity contribution in [3.8, 4) is 5.75 Å². The minimum absolute atomic E-state index is 0.0719. The summed E-state index contributed by atoms with van der Waals surface area (Å²) >= 11 is -0.0719. The fourth-order valence-corrected chi connectivity index (χ4v) is 2.40. The zero-order valence-electron chi connectivity index (χ0n) is 10.8. The molecule has 0 atom stereocenters. The molecule has 0 aliphatic heterocycles. The first-order valence-corrected chi connectivity index (χ1v) is 6.99. The van der Waals surface area contributed by atoms with Crippen LogP contribution in [0.5, 0.6) is 5.75 Å². The molecule has 0 aliphatic carbocycles. The molecule has 0 bridgehead atoms. The van der Waals surface area contributed by atoms with Crippen LogP contribution in [0.25, 0.3) is 11.0 Å². The molecule has 0 fully saturated rings. The Bertz CT molecular complexity index is 597. The van der Waals surface area contributed by atoms with Crippen molar-refractivity contribution in [2.75, 3.05) is 18.1 Å². The number of ether oxygens (including phenoxy) is 1. The molecule has 8 heteroatoms. The van der Waals surface area contributed by atoms with Gasteiger partial charge in [0, 0.05) is 12.3 Å². The van der Waals surface area contributed by atoms with E-state index in [2.05, 4.69) is 4.98 Å². The number of halogens is 3. The van der Waals surface area contributed by atoms with Crippen LogP contribution in [0.3, 0.4) is 0 Å². The van der Waals surface area contributed by atoms with E-state index in [9.17, 15) is 13.2 Å². The van der Waals surface area contributed by atoms with Crippen LogP contribution in [-0.4, -0.2) is 27.4 Å². The number of para-hydroxylation sites is 1. The fraction of sp³-hybridized carbons (Fsp3) is 0.417. The summed E-state index contributed by atoms with van der Waals surface area (Å²) in [6.07, 6.45) is 0. The van der Waals surface area contributed by atoms with Gasteiger partial charge in [-0.3, -0.25) is 0 Å². The molecule has 4 nitrogen and oxygen atoms in total. The summed E-state index contributed by atoms with van der Waals surface area (Å²) in [4.78, 5) is 4.17. The third-order valence-electron chi connectivity index (χ3n) is 2.65. The minimum atomic E-state index is -4.23. The van der Waals surface area contributed by atoms with E-state index >= 15 is 0 Å². The Morgan fingerprint density at radius 1 is 1.40 bits per heavy atom. The highest BCUT2D eigenvalue weighted by atomic mass is 32.2. The van der Waals surface area contributed by atoms with E-state index in [1.807, 2.05) is 6.92 Å². The topological polar surface area (TPSA) is 53.1 Å². The highest BCUT2D eigenvalue weighted by Gasteiger charge is 2.27. The molecular weight excluding hydrogens is 291 g/mol. The molecule has 0 saturated carbocycles. The summed E-state index contributed by atoms with van der Waals surface area (Å²) < 4.78 is 43.4. The Kier molecular flexibility index (Phi) is 4.32. The first kappa shape index (κ1) is 14.8. The second-order valence-corrected chi connectivity index (χ2v) is 5.13. The number of nitrogens with two attached hydrogens (primary N) is 1. The standard InChI is InChI=1S/C12H14F3N3OS/c1-2-19-9-5-3-4-8-10(9)17-11(16)18(8)6-7-20-12(13,14)15/h3-5H,2,6-7H2,1H3,(H2,16,17). The SMILES string of the molecule is CCOc1cccc2c1nc(N)n2CCSC(F)(F)F. The van der Waals surface area contributed by atoms with Gasteiger partial charge in [-0.05, 0) is 30.8 Å². The number of rotatable bonds is 5. The third-order valence-corrected chi connectivity index (χ3v) is 3.37. The van der Waals surface area contributed by atoms with Crippen molar-refractivity contribution in [3.63, 3.8) is 0 Å². The fourth-order valence-electron chi connectivity index (χ4n) is 1.90. The molecule has 1 aromatic heterocycles. The molecule has 0 spiro atoms. The number of alkyl halides is 3. The summed E-state index contributed by atoms with van der Waals surface area (Å²) in [6, 6.07) is 5.29. The molecule has 1 heterocycles. The lowest BCUT2D eigenvalue weighted by Crippen LogP contribution is -2.09. The lowest BCUT2D eigenvalue weighted by molar-refractivity contribution is -0.0328. The Hall–Kier alpha value is -1.57. The summed E-state index contributed by atoms with van der Waals surface area (Å²) in [7, 11) is 0. The van der Waals surface area contributed by atoms with Crippen LogP contribution in [0, 0.1) is 0 Å². The number of benzene rings is 1. The summed E-state index contributed by atoms with van der Waals surface area (Å²) in [5.41, 5.74) is 2.79. The van der Waals surface area contributed by atoms with Gasteiger partial charge in [0.2, 0.25) is 5.95 Å². The first-order chi connectivity index (χ1) is 9.42. The predicted molar refractivity (Wildman–Crippen MR) is 73.8 cm³/mol. The highest BCUT2D eigenvalue weighted by molar-refractivity contribution is 8.00. The molecule has 0 amide bonds. The van der Waals surface area contributed by atoms with Crippen molar-refractivity contribution < 1.29 is 17.9 Å². The zero-order valence-corrected chi connectivity index (χ0v) is 11.6. The molecule has 2 N–H and O–H groups in total. The molecular formula is C12H14F3N3OS. The van der Waals surface area contributed by atoms with Gasteiger partial charge < -0.3 is 15.0 Å². The number of hydrogen-bond donors (Lipinski definition) is 1. The number of nitrogens with zero attached hydrogens (tertiary/aromatic N) is 2. The van der Waals surface area contributed by atoms with Gasteiger partial charge in [-0.1, -0.05) is 6.07 Å². The highest BCUT2D eigenvalue weighted by Crippen LogP contribution is 2.31. The van der Waals surface area contributed by atoms with Crippen molar-refractivity contribution in [1.29, 1.82) is 0 Å². The molecule has 0 saturated heterocycles. The van der Waals surface area contributed by atoms with E-state index < -0.39 is 5.51 Å². The van der Waals surface area contributed by atoms with Gasteiger partial charge in [0.1, 0.15) is 11.3 Å². The quantitative estimate of drug-likeness (QED) is 0.921. The summed E-state index contributed by atoms with van der Waals surface area (Å²) in [5, 5.41) is 0. The molecule has 0 unspecified atom stereocenters. The summed E-state index contributed by atoms with van der Waals surface area (Å²) in [6.45, 7) is 2.47. The molecule has 110 valence electrons. The van der Waals surface area contributed by atoms with Crippen LogP contribution in [0.1, 0.15) is 6.92 Å². The Balaban J connectivity index is 2.25. The molecule has 1 aromatic carbocycles. The number of aromatic nitrogens is 2. The van der Waals surface area contributed by atoms with Crippen LogP contribution in [0.4, 0.5) is 19.1 Å². The van der Waals surface area contributed by atoms with Crippen molar-refractivity contribution in [2.24, 2.45) is 0 Å². The smallest absolute Gasteiger partial charge is 0.441 e. The number of anilines is 1. The van der Waals surface area contributed by atoms with Crippen molar-refractivity contribution >= 4 is 28.7 Å². The van der Waals surface area contributed by atoms with E-state index in [4.69, 9.17) is 10.5 Å². The van der Waals surface area contributed by atoms with Gasteiger partial charge in [-0.2, -0.15) is 13.2 Å². The molecule has 0 radical (unpaired) electrons. The van der Waals surface area contributed by atoms with Gasteiger partial charge in [0.25, 0.3) is 0 Å². The zero-order chi connectivity index (χ0) is 14.8. The number of fused-ring (bicyclic) bond motifs is 1. The average molecular weight is 305 g/mol. The predicted octanol–water partition coefficient (Wildman–Crippen LogP) is 3.27. The Morgan fingerprint density at radius 2 is 2.15 bits per heavy atom. The number of hydrogen-bond acceptors (Lipinski definition) is 4. The number of aryl methyl sites for hydroxylation is 1. The minimum Gasteiger partial charge on any atom is -0.492 e. The van der Waals surface area contributed by atoms with E-state index in [1.165, 1.54) is 0 Å². The average Bonchev–Trinajstić information content (AvgIpc) is 2.66. The van der Waals surface area contributed by atoms with Crippen molar-refractivity contribution in [1.82, 2.24) is 9.55 Å². The maximum atomic E-state index is 12.2. The molecule has 0 aliphatic rings. The largest absolute Gasteiger partial charge is 0.492 e. The number of imidazole rings is 1. The van der Waals surface area contributed by atoms with Gasteiger partial charge >= 0.3 is 5.51 Å². The van der Waals surface area contributed by atoms with Gasteiger partial charge in [-0.15, -0.1) is 0 Å². The van der Waals surface area contributed by atoms with Crippen molar-refractivity contribution in [2.45, 2.75) is 19.0 Å². The number of thioether (sulfide) groups is 1. The van der Waals surface area contributed by atoms with Crippen LogP contribution >= 0.6 is 11.8 Å². The Labute approximate surface area is 118 Å². The van der Waals surface area contributed by atoms with Crippen LogP contribution in [0.2, 0.25) is 0 Å². The second kappa shape index (κ2) is 5.82. The van der Waals surface area contributed by atoms with E-state index in [-0.39, 0.29) is 30.0 Å². The van der Waals surface area contributed by atoms with Gasteiger partial charge in [0.15, 0.2) is 0 Å². The third kappa shape index (κ3) is 3.30. The lowest BCUT2D eigenvalue weighted by Gasteiger charge is -2.08. The van der Waals surface area contributed by atoms with Gasteiger partial charge in [0.05, 0.1) is 12.1 Å². The van der Waals surface area contributed by atoms with Crippen LogP contribution in [0.15, 0.2) is 18.2 Å². The lowest BCUT2D eigenvalue weighted by atomic mass is 10.3. The summed E-state index contributed by atoms with van der Waals surface area (Å²) in [5.74, 6) is 0.659. The van der Waals surface area contributed by atoms with Crippen molar-refractivity contribution in [3.05, 3.63) is 18.2 Å². The van der Waals surface area contributed by atoms with Crippen LogP contribution in [-0.2, 0) is 6.54 Å². The second-order valence-electron chi connectivity index (χ2n) is 3.97. The monoisotopic (exact) mass is 305 g/mol. The van der Waals surface area contributed by atoms with E-state index in [0.717, 1.165) is 0 Å². The van der Waals surface area contributed by atoms with E-state index in [0.29, 0.717) is 23.4 Å².